The highest BCUT2D eigenvalue weighted by molar-refractivity contribution is 5.99. The van der Waals surface area contributed by atoms with Gasteiger partial charge in [0.2, 0.25) is 11.5 Å². The average molecular weight is 509 g/mol. The van der Waals surface area contributed by atoms with Crippen molar-refractivity contribution in [2.45, 2.75) is 13.0 Å². The Bertz CT molecular complexity index is 1160. The summed E-state index contributed by atoms with van der Waals surface area (Å²) in [6, 6.07) is 11.9. The lowest BCUT2D eigenvalue weighted by Crippen LogP contribution is -2.24. The zero-order valence-corrected chi connectivity index (χ0v) is 20.3. The van der Waals surface area contributed by atoms with Gasteiger partial charge in [-0.2, -0.15) is 0 Å². The normalized spacial score (nSPS) is 10.2. The molecule has 188 valence electrons. The van der Waals surface area contributed by atoms with E-state index in [0.29, 0.717) is 12.3 Å². The summed E-state index contributed by atoms with van der Waals surface area (Å²) in [5.41, 5.74) is 6.86. The number of nitrogens with one attached hydrogen (secondary N) is 1. The molecule has 0 atom stereocenters. The van der Waals surface area contributed by atoms with Gasteiger partial charge < -0.3 is 30.0 Å². The largest absolute Gasteiger partial charge is 0.492 e. The summed E-state index contributed by atoms with van der Waals surface area (Å²) in [5.74, 6) is -0.830. The summed E-state index contributed by atoms with van der Waals surface area (Å²) in [7, 11) is 4.22. The van der Waals surface area contributed by atoms with Gasteiger partial charge in [-0.05, 0) is 36.7 Å². The molecule has 0 saturated heterocycles. The molecule has 0 spiro atoms. The number of nitrogens with two attached hydrogens (primary N) is 1. The number of rotatable bonds is 10. The van der Waals surface area contributed by atoms with Crippen molar-refractivity contribution >= 4 is 18.3 Å². The lowest BCUT2D eigenvalue weighted by Gasteiger charge is -2.19. The Labute approximate surface area is 208 Å². The van der Waals surface area contributed by atoms with Gasteiger partial charge in [0, 0.05) is 24.2 Å². The van der Waals surface area contributed by atoms with Crippen LogP contribution in [0, 0.1) is 11.6 Å². The smallest absolute Gasteiger partial charge is 0.255 e. The van der Waals surface area contributed by atoms with Gasteiger partial charge in [0.15, 0.2) is 11.5 Å². The van der Waals surface area contributed by atoms with E-state index >= 15 is 0 Å². The zero-order chi connectivity index (χ0) is 24.7. The first-order valence-electron chi connectivity index (χ1n) is 10.4. The minimum Gasteiger partial charge on any atom is -0.492 e. The van der Waals surface area contributed by atoms with Crippen LogP contribution in [0.15, 0.2) is 48.5 Å². The number of ether oxygens (including phenoxy) is 4. The quantitative estimate of drug-likeness (QED) is 0.414. The molecule has 0 aliphatic heterocycles. The van der Waals surface area contributed by atoms with E-state index in [-0.39, 0.29) is 53.1 Å². The van der Waals surface area contributed by atoms with Crippen LogP contribution in [0.5, 0.6) is 28.7 Å². The number of benzene rings is 3. The molecule has 0 unspecified atom stereocenters. The van der Waals surface area contributed by atoms with Gasteiger partial charge >= 0.3 is 0 Å². The Morgan fingerprint density at radius 3 is 2.14 bits per heavy atom. The van der Waals surface area contributed by atoms with Crippen molar-refractivity contribution in [3.8, 4) is 28.7 Å². The van der Waals surface area contributed by atoms with Crippen LogP contribution in [0.1, 0.15) is 21.5 Å². The Hall–Kier alpha value is -3.56. The molecule has 35 heavy (non-hydrogen) atoms. The topological polar surface area (TPSA) is 92.0 Å². The van der Waals surface area contributed by atoms with Gasteiger partial charge in [-0.1, -0.05) is 18.2 Å². The number of carbonyl (C=O) groups is 1. The summed E-state index contributed by atoms with van der Waals surface area (Å²) in [4.78, 5) is 13.0. The zero-order valence-electron chi connectivity index (χ0n) is 19.5. The highest BCUT2D eigenvalue weighted by atomic mass is 35.5. The van der Waals surface area contributed by atoms with Gasteiger partial charge in [-0.3, -0.25) is 4.79 Å². The second-order valence-corrected chi connectivity index (χ2v) is 7.23. The molecular weight excluding hydrogens is 482 g/mol. The molecule has 0 aromatic heterocycles. The van der Waals surface area contributed by atoms with Crippen LogP contribution >= 0.6 is 12.4 Å². The predicted octanol–water partition coefficient (Wildman–Crippen LogP) is 4.64. The van der Waals surface area contributed by atoms with Crippen molar-refractivity contribution in [3.05, 3.63) is 76.9 Å². The van der Waals surface area contributed by atoms with E-state index in [1.165, 1.54) is 33.5 Å². The molecule has 0 aliphatic rings. The number of amides is 1. The van der Waals surface area contributed by atoms with Crippen LogP contribution in [-0.2, 0) is 13.0 Å². The highest BCUT2D eigenvalue weighted by Gasteiger charge is 2.26. The maximum absolute atomic E-state index is 14.0. The molecule has 0 fully saturated rings. The number of halogens is 3. The summed E-state index contributed by atoms with van der Waals surface area (Å²) in [6.07, 6.45) is 0.735. The van der Waals surface area contributed by atoms with Crippen LogP contribution in [0.3, 0.4) is 0 Å². The Balaban J connectivity index is 0.00000432. The second-order valence-electron chi connectivity index (χ2n) is 7.23. The standard InChI is InChI=1S/C25H26F2N2O5.ClH/c1-31-22-19(25(30)29-14-16-6-7-17(26)12-20(16)27)13-21(23(32-2)24(22)33-3)34-18-8-4-15(5-9-18)10-11-28;/h4-9,12-13H,10-11,14,28H2,1-3H3,(H,29,30);1H. The van der Waals surface area contributed by atoms with Gasteiger partial charge in [-0.15, -0.1) is 12.4 Å². The van der Waals surface area contributed by atoms with Crippen LogP contribution in [0.2, 0.25) is 0 Å². The molecule has 7 nitrogen and oxygen atoms in total. The van der Waals surface area contributed by atoms with Crippen LogP contribution in [0.4, 0.5) is 8.78 Å². The Morgan fingerprint density at radius 2 is 1.57 bits per heavy atom. The third kappa shape index (κ3) is 6.52. The maximum Gasteiger partial charge on any atom is 0.255 e. The number of carbonyl (C=O) groups excluding carboxylic acids is 1. The molecular formula is C25H27ClF2N2O5. The number of methoxy groups -OCH3 is 3. The van der Waals surface area contributed by atoms with E-state index in [9.17, 15) is 13.6 Å². The van der Waals surface area contributed by atoms with E-state index in [0.717, 1.165) is 24.1 Å². The first-order valence-corrected chi connectivity index (χ1v) is 10.4. The minimum atomic E-state index is -0.762. The Kier molecular flexibility index (Phi) is 10.1. The SMILES string of the molecule is COc1c(Oc2ccc(CCN)cc2)cc(C(=O)NCc2ccc(F)cc2F)c(OC)c1OC.Cl. The van der Waals surface area contributed by atoms with E-state index in [1.54, 1.807) is 12.1 Å². The molecule has 3 N–H and O–H groups in total. The van der Waals surface area contributed by atoms with Crippen molar-refractivity contribution in [1.29, 1.82) is 0 Å². The van der Waals surface area contributed by atoms with Gasteiger partial charge in [-0.25, -0.2) is 8.78 Å². The fourth-order valence-electron chi connectivity index (χ4n) is 3.38. The van der Waals surface area contributed by atoms with Crippen LogP contribution < -0.4 is 30.0 Å². The molecule has 3 aromatic carbocycles. The van der Waals surface area contributed by atoms with E-state index in [4.69, 9.17) is 24.7 Å². The molecule has 0 saturated carbocycles. The molecule has 0 radical (unpaired) electrons. The van der Waals surface area contributed by atoms with Gasteiger partial charge in [0.25, 0.3) is 5.91 Å². The number of hydrogen-bond donors (Lipinski definition) is 2. The van der Waals surface area contributed by atoms with Crippen molar-refractivity contribution in [1.82, 2.24) is 5.32 Å². The van der Waals surface area contributed by atoms with Crippen molar-refractivity contribution < 1.29 is 32.5 Å². The van der Waals surface area contributed by atoms with E-state index < -0.39 is 17.5 Å². The maximum atomic E-state index is 14.0. The summed E-state index contributed by atoms with van der Waals surface area (Å²) >= 11 is 0. The molecule has 3 rings (SSSR count). The molecule has 0 heterocycles. The van der Waals surface area contributed by atoms with Gasteiger partial charge in [0.05, 0.1) is 26.9 Å². The molecule has 0 aliphatic carbocycles. The lowest BCUT2D eigenvalue weighted by molar-refractivity contribution is 0.0946. The average Bonchev–Trinajstić information content (AvgIpc) is 2.83. The summed E-state index contributed by atoms with van der Waals surface area (Å²) in [5, 5.41) is 2.61. The van der Waals surface area contributed by atoms with Crippen molar-refractivity contribution in [3.63, 3.8) is 0 Å². The van der Waals surface area contributed by atoms with E-state index in [2.05, 4.69) is 5.32 Å². The van der Waals surface area contributed by atoms with E-state index in [1.807, 2.05) is 12.1 Å². The second kappa shape index (κ2) is 12.8. The predicted molar refractivity (Wildman–Crippen MR) is 130 cm³/mol. The van der Waals surface area contributed by atoms with Crippen LogP contribution in [0.25, 0.3) is 0 Å². The Morgan fingerprint density at radius 1 is 0.914 bits per heavy atom. The summed E-state index contributed by atoms with van der Waals surface area (Å²) < 4.78 is 49.5. The lowest BCUT2D eigenvalue weighted by atomic mass is 10.1. The first-order chi connectivity index (χ1) is 16.4. The molecule has 10 heteroatoms. The fraction of sp³-hybridized carbons (Fsp3) is 0.240. The fourth-order valence-corrected chi connectivity index (χ4v) is 3.38. The van der Waals surface area contributed by atoms with Crippen molar-refractivity contribution in [2.24, 2.45) is 5.73 Å². The van der Waals surface area contributed by atoms with Gasteiger partial charge in [0.1, 0.15) is 17.4 Å². The first kappa shape index (κ1) is 27.7. The van der Waals surface area contributed by atoms with Crippen molar-refractivity contribution in [2.75, 3.05) is 27.9 Å². The number of hydrogen-bond acceptors (Lipinski definition) is 6. The third-order valence-electron chi connectivity index (χ3n) is 5.05. The molecule has 1 amide bonds. The van der Waals surface area contributed by atoms with Crippen LogP contribution in [-0.4, -0.2) is 33.8 Å². The third-order valence-corrected chi connectivity index (χ3v) is 5.05. The summed E-state index contributed by atoms with van der Waals surface area (Å²) in [6.45, 7) is 0.366. The molecule has 0 bridgehead atoms. The minimum absolute atomic E-state index is 0. The monoisotopic (exact) mass is 508 g/mol. The molecule has 3 aromatic rings. The highest BCUT2D eigenvalue weighted by Crippen LogP contribution is 2.48.